The molecular weight excluding hydrogens is 150 g/mol. The van der Waals surface area contributed by atoms with Gasteiger partial charge in [0.1, 0.15) is 5.75 Å². The van der Waals surface area contributed by atoms with Crippen LogP contribution in [0.5, 0.6) is 5.75 Å². The summed E-state index contributed by atoms with van der Waals surface area (Å²) < 4.78 is 5.15. The number of ether oxygens (including phenoxy) is 1. The van der Waals surface area contributed by atoms with Crippen LogP contribution in [-0.4, -0.2) is 14.2 Å². The number of rotatable bonds is 2. The Hall–Kier alpha value is -1.18. The highest BCUT2D eigenvalue weighted by molar-refractivity contribution is 5.50. The third-order valence-electron chi connectivity index (χ3n) is 1.70. The highest BCUT2D eigenvalue weighted by Gasteiger charge is 1.97. The Bertz CT molecular complexity index is 246. The quantitative estimate of drug-likeness (QED) is 0.731. The highest BCUT2D eigenvalue weighted by atomic mass is 16.5. The zero-order chi connectivity index (χ0) is 8.27. The molecule has 0 fully saturated rings. The van der Waals surface area contributed by atoms with Crippen molar-refractivity contribution in [1.29, 1.82) is 0 Å². The van der Waals surface area contributed by atoms with E-state index in [4.69, 9.17) is 4.74 Å². The molecule has 0 saturated heterocycles. The molecule has 0 radical (unpaired) electrons. The Labute approximate surface area is 74.6 Å². The second-order valence-corrected chi connectivity index (χ2v) is 2.43. The zero-order valence-electron chi connectivity index (χ0n) is 7.14. The summed E-state index contributed by atoms with van der Waals surface area (Å²) in [4.78, 5) is 0. The van der Waals surface area contributed by atoms with Crippen LogP contribution in [0, 0.1) is 6.92 Å². The molecule has 12 heavy (non-hydrogen) atoms. The van der Waals surface area contributed by atoms with E-state index in [0.29, 0.717) is 0 Å². The van der Waals surface area contributed by atoms with Gasteiger partial charge in [-0.25, -0.2) is 0 Å². The molecular formula is C10H17NO. The van der Waals surface area contributed by atoms with E-state index in [2.05, 4.69) is 5.32 Å². The van der Waals surface area contributed by atoms with Crippen LogP contribution < -0.4 is 10.1 Å². The molecule has 0 aliphatic heterocycles. The van der Waals surface area contributed by atoms with Crippen molar-refractivity contribution in [2.24, 2.45) is 0 Å². The first-order valence-electron chi connectivity index (χ1n) is 3.60. The molecule has 0 spiro atoms. The van der Waals surface area contributed by atoms with Gasteiger partial charge >= 0.3 is 0 Å². The van der Waals surface area contributed by atoms with Crippen LogP contribution in [0.4, 0.5) is 5.69 Å². The molecule has 1 aromatic carbocycles. The summed E-state index contributed by atoms with van der Waals surface area (Å²) in [6.07, 6.45) is 0. The Balaban J connectivity index is 0.00000121. The van der Waals surface area contributed by atoms with Crippen LogP contribution in [0.25, 0.3) is 0 Å². The Morgan fingerprint density at radius 1 is 1.33 bits per heavy atom. The third kappa shape index (κ3) is 2.16. The standard InChI is InChI=1S/C9H13NO.CH4/c1-7-4-5-8(10-2)6-9(7)11-3;/h4-6,10H,1-3H3;1H4. The van der Waals surface area contributed by atoms with Gasteiger partial charge in [-0.3, -0.25) is 0 Å². The first-order chi connectivity index (χ1) is 5.27. The van der Waals surface area contributed by atoms with Crippen molar-refractivity contribution in [3.63, 3.8) is 0 Å². The van der Waals surface area contributed by atoms with E-state index >= 15 is 0 Å². The van der Waals surface area contributed by atoms with E-state index in [1.54, 1.807) is 7.11 Å². The number of hydrogen-bond acceptors (Lipinski definition) is 2. The molecule has 2 heteroatoms. The minimum absolute atomic E-state index is 0. The molecule has 1 rings (SSSR count). The van der Waals surface area contributed by atoms with E-state index < -0.39 is 0 Å². The predicted molar refractivity (Wildman–Crippen MR) is 54.0 cm³/mol. The minimum Gasteiger partial charge on any atom is -0.496 e. The normalized spacial score (nSPS) is 8.58. The maximum atomic E-state index is 5.15. The fraction of sp³-hybridized carbons (Fsp3) is 0.400. The van der Waals surface area contributed by atoms with Gasteiger partial charge in [-0.2, -0.15) is 0 Å². The molecule has 0 amide bonds. The van der Waals surface area contributed by atoms with Crippen molar-refractivity contribution in [3.05, 3.63) is 23.8 Å². The fourth-order valence-corrected chi connectivity index (χ4v) is 0.976. The molecule has 0 aliphatic rings. The van der Waals surface area contributed by atoms with Gasteiger partial charge in [-0.15, -0.1) is 0 Å². The van der Waals surface area contributed by atoms with Gasteiger partial charge < -0.3 is 10.1 Å². The lowest BCUT2D eigenvalue weighted by Gasteiger charge is -2.06. The van der Waals surface area contributed by atoms with Crippen LogP contribution in [0.1, 0.15) is 13.0 Å². The van der Waals surface area contributed by atoms with Crippen molar-refractivity contribution >= 4 is 5.69 Å². The lowest BCUT2D eigenvalue weighted by atomic mass is 10.2. The molecule has 1 aromatic rings. The van der Waals surface area contributed by atoms with E-state index in [1.165, 1.54) is 0 Å². The molecule has 0 unspecified atom stereocenters. The summed E-state index contributed by atoms with van der Waals surface area (Å²) in [5.41, 5.74) is 2.24. The van der Waals surface area contributed by atoms with Crippen molar-refractivity contribution in [1.82, 2.24) is 0 Å². The number of methoxy groups -OCH3 is 1. The number of benzene rings is 1. The van der Waals surface area contributed by atoms with Crippen LogP contribution in [-0.2, 0) is 0 Å². The van der Waals surface area contributed by atoms with Crippen LogP contribution in [0.15, 0.2) is 18.2 Å². The van der Waals surface area contributed by atoms with Gasteiger partial charge in [-0.05, 0) is 18.6 Å². The second-order valence-electron chi connectivity index (χ2n) is 2.43. The minimum atomic E-state index is 0. The van der Waals surface area contributed by atoms with Gasteiger partial charge in [0.2, 0.25) is 0 Å². The second kappa shape index (κ2) is 4.65. The number of aryl methyl sites for hydroxylation is 1. The Morgan fingerprint density at radius 3 is 2.50 bits per heavy atom. The fourth-order valence-electron chi connectivity index (χ4n) is 0.976. The molecule has 0 bridgehead atoms. The van der Waals surface area contributed by atoms with Gasteiger partial charge in [0.25, 0.3) is 0 Å². The SMILES string of the molecule is C.CNc1ccc(C)c(OC)c1. The van der Waals surface area contributed by atoms with E-state index in [-0.39, 0.29) is 7.43 Å². The third-order valence-corrected chi connectivity index (χ3v) is 1.70. The molecule has 68 valence electrons. The summed E-state index contributed by atoms with van der Waals surface area (Å²) in [6, 6.07) is 6.04. The number of anilines is 1. The first-order valence-corrected chi connectivity index (χ1v) is 3.60. The lowest BCUT2D eigenvalue weighted by Crippen LogP contribution is -1.91. The summed E-state index contributed by atoms with van der Waals surface area (Å²) in [6.45, 7) is 2.03. The van der Waals surface area contributed by atoms with E-state index in [9.17, 15) is 0 Å². The van der Waals surface area contributed by atoms with E-state index in [0.717, 1.165) is 17.0 Å². The average Bonchev–Trinajstić information content (AvgIpc) is 2.05. The summed E-state index contributed by atoms with van der Waals surface area (Å²) in [5.74, 6) is 0.928. The smallest absolute Gasteiger partial charge is 0.123 e. The molecule has 0 atom stereocenters. The van der Waals surface area contributed by atoms with Crippen LogP contribution in [0.2, 0.25) is 0 Å². The topological polar surface area (TPSA) is 21.3 Å². The van der Waals surface area contributed by atoms with Crippen molar-refractivity contribution in [3.8, 4) is 5.75 Å². The largest absolute Gasteiger partial charge is 0.496 e. The van der Waals surface area contributed by atoms with Crippen molar-refractivity contribution in [2.75, 3.05) is 19.5 Å². The predicted octanol–water partition coefficient (Wildman–Crippen LogP) is 2.68. The maximum Gasteiger partial charge on any atom is 0.123 e. The lowest BCUT2D eigenvalue weighted by molar-refractivity contribution is 0.412. The van der Waals surface area contributed by atoms with Gasteiger partial charge in [0, 0.05) is 18.8 Å². The first kappa shape index (κ1) is 10.8. The summed E-state index contributed by atoms with van der Waals surface area (Å²) >= 11 is 0. The van der Waals surface area contributed by atoms with Gasteiger partial charge in [0.15, 0.2) is 0 Å². The highest BCUT2D eigenvalue weighted by Crippen LogP contribution is 2.21. The summed E-state index contributed by atoms with van der Waals surface area (Å²) in [5, 5.41) is 3.05. The Morgan fingerprint density at radius 2 is 2.00 bits per heavy atom. The molecule has 0 heterocycles. The molecule has 2 nitrogen and oxygen atoms in total. The monoisotopic (exact) mass is 167 g/mol. The van der Waals surface area contributed by atoms with Crippen LogP contribution >= 0.6 is 0 Å². The average molecular weight is 167 g/mol. The Kier molecular flexibility index (Phi) is 4.19. The molecule has 0 saturated carbocycles. The molecule has 0 aromatic heterocycles. The number of nitrogens with one attached hydrogen (secondary N) is 1. The summed E-state index contributed by atoms with van der Waals surface area (Å²) in [7, 11) is 3.58. The maximum absolute atomic E-state index is 5.15. The van der Waals surface area contributed by atoms with E-state index in [1.807, 2.05) is 32.2 Å². The van der Waals surface area contributed by atoms with Gasteiger partial charge in [-0.1, -0.05) is 13.5 Å². The molecule has 0 aliphatic carbocycles. The zero-order valence-corrected chi connectivity index (χ0v) is 7.14. The van der Waals surface area contributed by atoms with Crippen LogP contribution in [0.3, 0.4) is 0 Å². The van der Waals surface area contributed by atoms with Gasteiger partial charge in [0.05, 0.1) is 7.11 Å². The molecule has 1 N–H and O–H groups in total. The number of hydrogen-bond donors (Lipinski definition) is 1. The van der Waals surface area contributed by atoms with Crippen molar-refractivity contribution in [2.45, 2.75) is 14.4 Å². The van der Waals surface area contributed by atoms with Crippen molar-refractivity contribution < 1.29 is 4.74 Å².